The van der Waals surface area contributed by atoms with Gasteiger partial charge in [0.1, 0.15) is 0 Å². The second-order valence-electron chi connectivity index (χ2n) is 3.04. The molecule has 0 aliphatic rings. The summed E-state index contributed by atoms with van der Waals surface area (Å²) in [5.74, 6) is 0. The van der Waals surface area contributed by atoms with Crippen LogP contribution in [0.4, 0.5) is 0 Å². The van der Waals surface area contributed by atoms with E-state index >= 15 is 0 Å². The van der Waals surface area contributed by atoms with Crippen LogP contribution in [-0.2, 0) is 12.8 Å². The standard InChI is InChI=1S/C10H15ClS/c1-3-9-6-7-10(12-9)5-4-8(2)11/h6-8H,3-5H2,1-2H3. The summed E-state index contributed by atoms with van der Waals surface area (Å²) < 4.78 is 0. The fraction of sp³-hybridized carbons (Fsp3) is 0.600. The molecular formula is C10H15ClS. The summed E-state index contributed by atoms with van der Waals surface area (Å²) >= 11 is 7.79. The van der Waals surface area contributed by atoms with Crippen molar-refractivity contribution in [2.75, 3.05) is 0 Å². The first-order chi connectivity index (χ1) is 5.72. The van der Waals surface area contributed by atoms with E-state index in [1.165, 1.54) is 9.75 Å². The normalized spacial score (nSPS) is 13.2. The van der Waals surface area contributed by atoms with Crippen LogP contribution in [0.15, 0.2) is 12.1 Å². The lowest BCUT2D eigenvalue weighted by atomic mass is 10.2. The molecule has 0 saturated heterocycles. The molecule has 0 fully saturated rings. The van der Waals surface area contributed by atoms with E-state index in [2.05, 4.69) is 26.0 Å². The monoisotopic (exact) mass is 202 g/mol. The highest BCUT2D eigenvalue weighted by Gasteiger charge is 2.00. The molecule has 0 saturated carbocycles. The summed E-state index contributed by atoms with van der Waals surface area (Å²) in [6.07, 6.45) is 3.38. The van der Waals surface area contributed by atoms with Crippen LogP contribution in [0.3, 0.4) is 0 Å². The molecule has 1 aromatic heterocycles. The van der Waals surface area contributed by atoms with Crippen LogP contribution in [0, 0.1) is 0 Å². The molecule has 1 rings (SSSR count). The molecule has 1 heterocycles. The molecule has 1 atom stereocenters. The summed E-state index contributed by atoms with van der Waals surface area (Å²) in [5.41, 5.74) is 0. The van der Waals surface area contributed by atoms with Crippen LogP contribution in [0.5, 0.6) is 0 Å². The highest BCUT2D eigenvalue weighted by Crippen LogP contribution is 2.19. The molecule has 0 aromatic carbocycles. The Labute approximate surface area is 83.6 Å². The van der Waals surface area contributed by atoms with E-state index in [1.54, 1.807) is 0 Å². The van der Waals surface area contributed by atoms with Crippen LogP contribution in [0.1, 0.15) is 30.0 Å². The van der Waals surface area contributed by atoms with Crippen molar-refractivity contribution in [3.63, 3.8) is 0 Å². The van der Waals surface area contributed by atoms with Crippen molar-refractivity contribution < 1.29 is 0 Å². The highest BCUT2D eigenvalue weighted by molar-refractivity contribution is 7.11. The predicted molar refractivity (Wildman–Crippen MR) is 57.3 cm³/mol. The number of hydrogen-bond donors (Lipinski definition) is 0. The van der Waals surface area contributed by atoms with Crippen molar-refractivity contribution in [3.8, 4) is 0 Å². The molecule has 68 valence electrons. The Morgan fingerprint density at radius 2 is 2.08 bits per heavy atom. The van der Waals surface area contributed by atoms with Crippen LogP contribution in [0.2, 0.25) is 0 Å². The van der Waals surface area contributed by atoms with Gasteiger partial charge in [-0.2, -0.15) is 0 Å². The van der Waals surface area contributed by atoms with E-state index in [0.29, 0.717) is 5.38 Å². The predicted octanol–water partition coefficient (Wildman–Crippen LogP) is 3.87. The Morgan fingerprint density at radius 3 is 2.58 bits per heavy atom. The van der Waals surface area contributed by atoms with Gasteiger partial charge in [-0.25, -0.2) is 0 Å². The maximum absolute atomic E-state index is 5.87. The van der Waals surface area contributed by atoms with Gasteiger partial charge in [0.15, 0.2) is 0 Å². The largest absolute Gasteiger partial charge is 0.145 e. The summed E-state index contributed by atoms with van der Waals surface area (Å²) in [6.45, 7) is 4.25. The first-order valence-corrected chi connectivity index (χ1v) is 5.69. The Bertz CT molecular complexity index is 227. The maximum Gasteiger partial charge on any atom is 0.0311 e. The molecule has 0 aliphatic heterocycles. The lowest BCUT2D eigenvalue weighted by molar-refractivity contribution is 0.812. The van der Waals surface area contributed by atoms with Gasteiger partial charge in [-0.1, -0.05) is 6.92 Å². The van der Waals surface area contributed by atoms with Crippen LogP contribution in [0.25, 0.3) is 0 Å². The van der Waals surface area contributed by atoms with Gasteiger partial charge in [-0.3, -0.25) is 0 Å². The summed E-state index contributed by atoms with van der Waals surface area (Å²) in [5, 5.41) is 0.303. The smallest absolute Gasteiger partial charge is 0.0311 e. The molecule has 0 amide bonds. The molecule has 12 heavy (non-hydrogen) atoms. The topological polar surface area (TPSA) is 0 Å². The molecule has 0 radical (unpaired) electrons. The minimum Gasteiger partial charge on any atom is -0.145 e. The van der Waals surface area contributed by atoms with Crippen molar-refractivity contribution in [3.05, 3.63) is 21.9 Å². The van der Waals surface area contributed by atoms with Gasteiger partial charge in [0, 0.05) is 15.1 Å². The zero-order valence-electron chi connectivity index (χ0n) is 7.64. The number of halogens is 1. The second-order valence-corrected chi connectivity index (χ2v) is 5.04. The van der Waals surface area contributed by atoms with Crippen LogP contribution < -0.4 is 0 Å². The average Bonchev–Trinajstić information content (AvgIpc) is 2.48. The molecule has 1 aromatic rings. The van der Waals surface area contributed by atoms with Crippen molar-refractivity contribution in [1.82, 2.24) is 0 Å². The van der Waals surface area contributed by atoms with Gasteiger partial charge < -0.3 is 0 Å². The number of aryl methyl sites for hydroxylation is 2. The molecule has 0 aliphatic carbocycles. The number of alkyl halides is 1. The second kappa shape index (κ2) is 4.88. The molecule has 2 heteroatoms. The van der Waals surface area contributed by atoms with E-state index in [1.807, 2.05) is 11.3 Å². The van der Waals surface area contributed by atoms with Crippen molar-refractivity contribution in [2.45, 2.75) is 38.5 Å². The third-order valence-corrected chi connectivity index (χ3v) is 3.36. The van der Waals surface area contributed by atoms with Crippen molar-refractivity contribution in [1.29, 1.82) is 0 Å². The number of thiophene rings is 1. The Kier molecular flexibility index (Phi) is 4.10. The van der Waals surface area contributed by atoms with Gasteiger partial charge in [-0.05, 0) is 38.3 Å². The molecular weight excluding hydrogens is 188 g/mol. The number of hydrogen-bond acceptors (Lipinski definition) is 1. The molecule has 0 N–H and O–H groups in total. The summed E-state index contributed by atoms with van der Waals surface area (Å²) in [6, 6.07) is 4.45. The first kappa shape index (κ1) is 10.1. The van der Waals surface area contributed by atoms with E-state index in [4.69, 9.17) is 11.6 Å². The Hall–Kier alpha value is -0.0100. The van der Waals surface area contributed by atoms with Gasteiger partial charge in [0.25, 0.3) is 0 Å². The van der Waals surface area contributed by atoms with Crippen LogP contribution >= 0.6 is 22.9 Å². The lowest BCUT2D eigenvalue weighted by Gasteiger charge is -1.98. The van der Waals surface area contributed by atoms with E-state index in [-0.39, 0.29) is 0 Å². The van der Waals surface area contributed by atoms with Crippen molar-refractivity contribution in [2.24, 2.45) is 0 Å². The van der Waals surface area contributed by atoms with Gasteiger partial charge in [0.05, 0.1) is 0 Å². The minimum atomic E-state index is 0.303. The zero-order valence-corrected chi connectivity index (χ0v) is 9.21. The third kappa shape index (κ3) is 3.16. The third-order valence-electron chi connectivity index (χ3n) is 1.85. The van der Waals surface area contributed by atoms with E-state index in [0.717, 1.165) is 19.3 Å². The van der Waals surface area contributed by atoms with E-state index < -0.39 is 0 Å². The quantitative estimate of drug-likeness (QED) is 0.651. The fourth-order valence-corrected chi connectivity index (χ4v) is 2.17. The Balaban J connectivity index is 2.41. The fourth-order valence-electron chi connectivity index (χ4n) is 1.09. The molecule has 0 spiro atoms. The highest BCUT2D eigenvalue weighted by atomic mass is 35.5. The number of rotatable bonds is 4. The van der Waals surface area contributed by atoms with E-state index in [9.17, 15) is 0 Å². The summed E-state index contributed by atoms with van der Waals surface area (Å²) in [4.78, 5) is 2.95. The van der Waals surface area contributed by atoms with Crippen LogP contribution in [-0.4, -0.2) is 5.38 Å². The lowest BCUT2D eigenvalue weighted by Crippen LogP contribution is -1.92. The van der Waals surface area contributed by atoms with Gasteiger partial charge in [0.2, 0.25) is 0 Å². The maximum atomic E-state index is 5.87. The Morgan fingerprint density at radius 1 is 1.42 bits per heavy atom. The summed E-state index contributed by atoms with van der Waals surface area (Å²) in [7, 11) is 0. The molecule has 0 nitrogen and oxygen atoms in total. The zero-order chi connectivity index (χ0) is 8.97. The average molecular weight is 203 g/mol. The SMILES string of the molecule is CCc1ccc(CCC(C)Cl)s1. The van der Waals surface area contributed by atoms with Crippen molar-refractivity contribution >= 4 is 22.9 Å². The van der Waals surface area contributed by atoms with Gasteiger partial charge in [-0.15, -0.1) is 22.9 Å². The van der Waals surface area contributed by atoms with Gasteiger partial charge >= 0.3 is 0 Å². The molecule has 1 unspecified atom stereocenters. The first-order valence-electron chi connectivity index (χ1n) is 4.44. The molecule has 0 bridgehead atoms. The minimum absolute atomic E-state index is 0.303.